The second kappa shape index (κ2) is 5.85. The van der Waals surface area contributed by atoms with E-state index in [9.17, 15) is 17.6 Å². The average Bonchev–Trinajstić information content (AvgIpc) is 2.24. The quantitative estimate of drug-likeness (QED) is 0.869. The first-order chi connectivity index (χ1) is 8.65. The number of aliphatic carboxylic acids is 1. The Balaban J connectivity index is 3.14. The summed E-state index contributed by atoms with van der Waals surface area (Å²) in [6.07, 6.45) is 0. The number of benzene rings is 1. The largest absolute Gasteiger partial charge is 0.480 e. The van der Waals surface area contributed by atoms with E-state index in [1.807, 2.05) is 4.72 Å². The molecule has 0 radical (unpaired) electrons. The molecule has 0 unspecified atom stereocenters. The molecule has 0 aromatic heterocycles. The van der Waals surface area contributed by atoms with E-state index in [-0.39, 0.29) is 9.92 Å². The molecule has 106 valence electrons. The van der Waals surface area contributed by atoms with Crippen LogP contribution in [0.1, 0.15) is 13.8 Å². The summed E-state index contributed by atoms with van der Waals surface area (Å²) in [5.41, 5.74) is 0. The summed E-state index contributed by atoms with van der Waals surface area (Å²) in [5, 5.41) is 8.64. The van der Waals surface area contributed by atoms with E-state index in [4.69, 9.17) is 16.7 Å². The molecule has 1 aromatic rings. The van der Waals surface area contributed by atoms with E-state index in [0.29, 0.717) is 0 Å². The Morgan fingerprint density at radius 1 is 1.42 bits per heavy atom. The van der Waals surface area contributed by atoms with Gasteiger partial charge in [-0.1, -0.05) is 25.4 Å². The van der Waals surface area contributed by atoms with Gasteiger partial charge in [0.15, 0.2) is 0 Å². The first-order valence-corrected chi connectivity index (χ1v) is 7.21. The zero-order valence-corrected chi connectivity index (χ0v) is 11.8. The highest BCUT2D eigenvalue weighted by molar-refractivity contribution is 7.89. The van der Waals surface area contributed by atoms with Gasteiger partial charge >= 0.3 is 5.97 Å². The normalized spacial score (nSPS) is 13.5. The van der Waals surface area contributed by atoms with Gasteiger partial charge in [0, 0.05) is 0 Å². The molecule has 19 heavy (non-hydrogen) atoms. The van der Waals surface area contributed by atoms with Crippen LogP contribution in [0.4, 0.5) is 4.39 Å². The minimum absolute atomic E-state index is 0.305. The summed E-state index contributed by atoms with van der Waals surface area (Å²) >= 11 is 5.65. The topological polar surface area (TPSA) is 83.5 Å². The van der Waals surface area contributed by atoms with E-state index in [1.165, 1.54) is 0 Å². The first-order valence-electron chi connectivity index (χ1n) is 5.35. The van der Waals surface area contributed by atoms with Gasteiger partial charge in [-0.05, 0) is 24.1 Å². The summed E-state index contributed by atoms with van der Waals surface area (Å²) in [6.45, 7) is 3.13. The monoisotopic (exact) mass is 309 g/mol. The molecule has 0 aliphatic carbocycles. The molecule has 0 saturated heterocycles. The zero-order chi connectivity index (χ0) is 14.8. The predicted molar refractivity (Wildman–Crippen MR) is 68.0 cm³/mol. The van der Waals surface area contributed by atoms with Crippen molar-refractivity contribution in [2.75, 3.05) is 0 Å². The summed E-state index contributed by atoms with van der Waals surface area (Å²) in [5.74, 6) is -2.43. The van der Waals surface area contributed by atoms with Crippen molar-refractivity contribution in [1.29, 1.82) is 0 Å². The zero-order valence-electron chi connectivity index (χ0n) is 10.2. The van der Waals surface area contributed by atoms with Gasteiger partial charge in [0.25, 0.3) is 0 Å². The number of carboxylic acids is 1. The number of sulfonamides is 1. The average molecular weight is 310 g/mol. The number of nitrogens with one attached hydrogen (secondary N) is 1. The molecule has 2 N–H and O–H groups in total. The molecule has 5 nitrogen and oxygen atoms in total. The Morgan fingerprint density at radius 3 is 2.42 bits per heavy atom. The molecule has 0 aliphatic heterocycles. The van der Waals surface area contributed by atoms with Crippen LogP contribution in [0, 0.1) is 11.7 Å². The van der Waals surface area contributed by atoms with Crippen LogP contribution in [-0.2, 0) is 14.8 Å². The van der Waals surface area contributed by atoms with Gasteiger partial charge in [0.05, 0.1) is 5.02 Å². The fourth-order valence-electron chi connectivity index (χ4n) is 1.40. The van der Waals surface area contributed by atoms with Crippen LogP contribution in [0.25, 0.3) is 0 Å². The molecular weight excluding hydrogens is 297 g/mol. The van der Waals surface area contributed by atoms with Crippen LogP contribution >= 0.6 is 11.6 Å². The summed E-state index contributed by atoms with van der Waals surface area (Å²) in [7, 11) is -4.13. The Bertz CT molecular complexity index is 588. The molecule has 0 saturated carbocycles. The van der Waals surface area contributed by atoms with E-state index >= 15 is 0 Å². The summed E-state index contributed by atoms with van der Waals surface area (Å²) < 4.78 is 38.9. The Morgan fingerprint density at radius 2 is 2.00 bits per heavy atom. The number of carboxylic acid groups (broad SMARTS) is 1. The van der Waals surface area contributed by atoms with Crippen LogP contribution in [0.5, 0.6) is 0 Å². The van der Waals surface area contributed by atoms with E-state index < -0.39 is 33.8 Å². The highest BCUT2D eigenvalue weighted by Crippen LogP contribution is 2.22. The third-order valence-electron chi connectivity index (χ3n) is 2.40. The molecule has 0 heterocycles. The number of rotatable bonds is 5. The maximum atomic E-state index is 12.9. The SMILES string of the molecule is CC(C)[C@H](NS(=O)(=O)c1ccc(F)cc1Cl)C(=O)O. The number of halogens is 2. The van der Waals surface area contributed by atoms with Crippen molar-refractivity contribution < 1.29 is 22.7 Å². The first kappa shape index (κ1) is 15.9. The fourth-order valence-corrected chi connectivity index (χ4v) is 3.26. The van der Waals surface area contributed by atoms with Crippen molar-refractivity contribution >= 4 is 27.6 Å². The van der Waals surface area contributed by atoms with E-state index in [1.54, 1.807) is 13.8 Å². The van der Waals surface area contributed by atoms with Crippen LogP contribution in [0.3, 0.4) is 0 Å². The van der Waals surface area contributed by atoms with Gasteiger partial charge in [-0.3, -0.25) is 4.79 Å². The van der Waals surface area contributed by atoms with Crippen molar-refractivity contribution in [1.82, 2.24) is 4.72 Å². The molecular formula is C11H13ClFNO4S. The summed E-state index contributed by atoms with van der Waals surface area (Å²) in [4.78, 5) is 10.6. The minimum Gasteiger partial charge on any atom is -0.480 e. The van der Waals surface area contributed by atoms with Gasteiger partial charge in [-0.15, -0.1) is 0 Å². The lowest BCUT2D eigenvalue weighted by molar-refractivity contribution is -0.140. The lowest BCUT2D eigenvalue weighted by Gasteiger charge is -2.18. The molecule has 1 aromatic carbocycles. The Kier molecular flexibility index (Phi) is 4.89. The lowest BCUT2D eigenvalue weighted by Crippen LogP contribution is -2.44. The third-order valence-corrected chi connectivity index (χ3v) is 4.32. The van der Waals surface area contributed by atoms with Crippen LogP contribution < -0.4 is 4.72 Å². The smallest absolute Gasteiger partial charge is 0.322 e. The third kappa shape index (κ3) is 3.89. The molecule has 8 heteroatoms. The lowest BCUT2D eigenvalue weighted by atomic mass is 10.1. The highest BCUT2D eigenvalue weighted by Gasteiger charge is 2.29. The molecule has 1 rings (SSSR count). The second-order valence-corrected chi connectivity index (χ2v) is 6.35. The van der Waals surface area contributed by atoms with Gasteiger partial charge in [-0.25, -0.2) is 12.8 Å². The van der Waals surface area contributed by atoms with Gasteiger partial charge in [-0.2, -0.15) is 4.72 Å². The number of hydrogen-bond donors (Lipinski definition) is 2. The molecule has 0 spiro atoms. The van der Waals surface area contributed by atoms with Gasteiger partial charge < -0.3 is 5.11 Å². The van der Waals surface area contributed by atoms with Crippen molar-refractivity contribution in [2.45, 2.75) is 24.8 Å². The fraction of sp³-hybridized carbons (Fsp3) is 0.364. The predicted octanol–water partition coefficient (Wildman–Crippen LogP) is 1.87. The Labute approximate surface area is 115 Å². The van der Waals surface area contributed by atoms with E-state index in [2.05, 4.69) is 0 Å². The standard InChI is InChI=1S/C11H13ClFNO4S/c1-6(2)10(11(15)16)14-19(17,18)9-4-3-7(13)5-8(9)12/h3-6,10,14H,1-2H3,(H,15,16)/t10-/m0/s1. The van der Waals surface area contributed by atoms with Gasteiger partial charge in [0.2, 0.25) is 10.0 Å². The number of hydrogen-bond acceptors (Lipinski definition) is 3. The molecule has 0 aliphatic rings. The summed E-state index contributed by atoms with van der Waals surface area (Å²) in [6, 6.07) is 1.48. The van der Waals surface area contributed by atoms with Crippen molar-refractivity contribution in [3.63, 3.8) is 0 Å². The molecule has 1 atom stereocenters. The van der Waals surface area contributed by atoms with Crippen LogP contribution in [-0.4, -0.2) is 25.5 Å². The van der Waals surface area contributed by atoms with Crippen molar-refractivity contribution in [2.24, 2.45) is 5.92 Å². The van der Waals surface area contributed by atoms with Crippen molar-refractivity contribution in [3.05, 3.63) is 29.0 Å². The van der Waals surface area contributed by atoms with Crippen LogP contribution in [0.2, 0.25) is 5.02 Å². The van der Waals surface area contributed by atoms with Crippen LogP contribution in [0.15, 0.2) is 23.1 Å². The maximum Gasteiger partial charge on any atom is 0.322 e. The maximum absolute atomic E-state index is 12.9. The second-order valence-electron chi connectivity index (χ2n) is 4.26. The van der Waals surface area contributed by atoms with Crippen molar-refractivity contribution in [3.8, 4) is 0 Å². The molecule has 0 bridgehead atoms. The Hall–Kier alpha value is -1.18. The van der Waals surface area contributed by atoms with Gasteiger partial charge in [0.1, 0.15) is 16.8 Å². The van der Waals surface area contributed by atoms with E-state index in [0.717, 1.165) is 18.2 Å². The minimum atomic E-state index is -4.13. The molecule has 0 fully saturated rings. The highest BCUT2D eigenvalue weighted by atomic mass is 35.5. The molecule has 0 amide bonds. The number of carbonyl (C=O) groups is 1.